The van der Waals surface area contributed by atoms with Gasteiger partial charge >= 0.3 is 0 Å². The van der Waals surface area contributed by atoms with Crippen LogP contribution in [0.15, 0.2) is 146 Å². The van der Waals surface area contributed by atoms with E-state index in [2.05, 4.69) is 132 Å². The smallest absolute Gasteiger partial charge is 0.238 e. The standard InChI is InChI=1S/C41H24N4S/c1-2-12-27(13-3-1)39-42-40(32-19-10-22-35-37(32)31-17-6-7-21-34(31)46-35)44-41(43-39)45-33-20-9-15-26-14-8-18-29(36(26)33)30-24-23-25-11-4-5-16-28(25)38(30)45/h1-24H. The number of thiophene rings is 1. The van der Waals surface area contributed by atoms with Crippen LogP contribution in [-0.4, -0.2) is 15.0 Å². The number of hydrogen-bond donors (Lipinski definition) is 0. The van der Waals surface area contributed by atoms with Gasteiger partial charge in [0.15, 0.2) is 11.6 Å². The van der Waals surface area contributed by atoms with Gasteiger partial charge in [-0.2, -0.15) is 9.97 Å². The van der Waals surface area contributed by atoms with Crippen LogP contribution in [0.1, 0.15) is 0 Å². The molecule has 46 heavy (non-hydrogen) atoms. The molecule has 10 rings (SSSR count). The molecule has 0 N–H and O–H groups in total. The molecule has 214 valence electrons. The van der Waals surface area contributed by atoms with Crippen molar-refractivity contribution in [2.24, 2.45) is 0 Å². The van der Waals surface area contributed by atoms with Crippen LogP contribution < -0.4 is 4.90 Å². The fourth-order valence-corrected chi connectivity index (χ4v) is 8.17. The summed E-state index contributed by atoms with van der Waals surface area (Å²) < 4.78 is 2.47. The van der Waals surface area contributed by atoms with Gasteiger partial charge in [0.05, 0.1) is 11.4 Å². The van der Waals surface area contributed by atoms with Gasteiger partial charge in [-0.1, -0.05) is 127 Å². The predicted molar refractivity (Wildman–Crippen MR) is 192 cm³/mol. The fraction of sp³-hybridized carbons (Fsp3) is 0. The molecule has 7 aromatic carbocycles. The molecule has 0 radical (unpaired) electrons. The Kier molecular flexibility index (Phi) is 5.41. The Morgan fingerprint density at radius 2 is 1.13 bits per heavy atom. The lowest BCUT2D eigenvalue weighted by molar-refractivity contribution is 1.03. The second kappa shape index (κ2) is 9.80. The molecular formula is C41H24N4S. The first-order chi connectivity index (χ1) is 22.8. The van der Waals surface area contributed by atoms with E-state index in [0.717, 1.165) is 33.5 Å². The maximum Gasteiger partial charge on any atom is 0.238 e. The Morgan fingerprint density at radius 1 is 0.435 bits per heavy atom. The van der Waals surface area contributed by atoms with E-state index in [1.54, 1.807) is 11.3 Å². The second-order valence-electron chi connectivity index (χ2n) is 11.6. The predicted octanol–water partition coefficient (Wildman–Crippen LogP) is 11.3. The summed E-state index contributed by atoms with van der Waals surface area (Å²) in [6, 6.07) is 51.4. The first-order valence-corrected chi connectivity index (χ1v) is 16.2. The fourth-order valence-electron chi connectivity index (χ4n) is 7.04. The molecule has 0 aliphatic carbocycles. The minimum atomic E-state index is 0.597. The van der Waals surface area contributed by atoms with E-state index in [1.807, 2.05) is 18.2 Å². The summed E-state index contributed by atoms with van der Waals surface area (Å²) in [7, 11) is 0. The monoisotopic (exact) mass is 604 g/mol. The molecule has 9 aromatic rings. The highest BCUT2D eigenvalue weighted by atomic mass is 32.1. The maximum absolute atomic E-state index is 5.36. The van der Waals surface area contributed by atoms with Gasteiger partial charge in [-0.05, 0) is 34.5 Å². The van der Waals surface area contributed by atoms with Crippen LogP contribution in [0.3, 0.4) is 0 Å². The van der Waals surface area contributed by atoms with Crippen molar-refractivity contribution in [1.82, 2.24) is 15.0 Å². The summed E-state index contributed by atoms with van der Waals surface area (Å²) in [5, 5.41) is 7.10. The summed E-state index contributed by atoms with van der Waals surface area (Å²) in [4.78, 5) is 18.1. The van der Waals surface area contributed by atoms with Gasteiger partial charge in [0.1, 0.15) is 0 Å². The Bertz CT molecular complexity index is 2650. The SMILES string of the molecule is c1ccc(-c2nc(-c3cccc4sc5ccccc5c34)nc(N3c4c(ccc5ccccc45)-c4cccc5cccc3c45)n2)cc1. The van der Waals surface area contributed by atoms with Gasteiger partial charge in [-0.25, -0.2) is 4.98 Å². The molecule has 3 heterocycles. The summed E-state index contributed by atoms with van der Waals surface area (Å²) >= 11 is 1.80. The van der Waals surface area contributed by atoms with Crippen molar-refractivity contribution >= 4 is 70.4 Å². The minimum Gasteiger partial charge on any atom is -0.277 e. The maximum atomic E-state index is 5.36. The highest BCUT2D eigenvalue weighted by Crippen LogP contribution is 2.53. The summed E-state index contributed by atoms with van der Waals surface area (Å²) in [6.45, 7) is 0. The van der Waals surface area contributed by atoms with Gasteiger partial charge in [0.2, 0.25) is 5.95 Å². The van der Waals surface area contributed by atoms with Gasteiger partial charge in [0.25, 0.3) is 0 Å². The first kappa shape index (κ1) is 25.4. The zero-order valence-corrected chi connectivity index (χ0v) is 25.4. The third-order valence-electron chi connectivity index (χ3n) is 9.04. The summed E-state index contributed by atoms with van der Waals surface area (Å²) in [5.41, 5.74) is 6.48. The highest BCUT2D eigenvalue weighted by molar-refractivity contribution is 7.25. The van der Waals surface area contributed by atoms with Crippen LogP contribution in [0, 0.1) is 0 Å². The van der Waals surface area contributed by atoms with Crippen LogP contribution in [-0.2, 0) is 0 Å². The molecule has 0 spiro atoms. The van der Waals surface area contributed by atoms with Crippen LogP contribution in [0.5, 0.6) is 0 Å². The number of benzene rings is 7. The van der Waals surface area contributed by atoms with Crippen LogP contribution in [0.25, 0.3) is 75.6 Å². The van der Waals surface area contributed by atoms with E-state index >= 15 is 0 Å². The molecule has 0 saturated heterocycles. The largest absolute Gasteiger partial charge is 0.277 e. The van der Waals surface area contributed by atoms with E-state index in [4.69, 9.17) is 15.0 Å². The van der Waals surface area contributed by atoms with Crippen molar-refractivity contribution in [2.45, 2.75) is 0 Å². The summed E-state index contributed by atoms with van der Waals surface area (Å²) in [5.74, 6) is 1.90. The summed E-state index contributed by atoms with van der Waals surface area (Å²) in [6.07, 6.45) is 0. The molecule has 2 aromatic heterocycles. The number of hydrogen-bond acceptors (Lipinski definition) is 5. The van der Waals surface area contributed by atoms with Crippen LogP contribution in [0.2, 0.25) is 0 Å². The van der Waals surface area contributed by atoms with Crippen molar-refractivity contribution in [3.05, 3.63) is 146 Å². The first-order valence-electron chi connectivity index (χ1n) is 15.4. The highest BCUT2D eigenvalue weighted by Gasteiger charge is 2.30. The normalized spacial score (nSPS) is 12.3. The van der Waals surface area contributed by atoms with Crippen molar-refractivity contribution in [3.8, 4) is 33.9 Å². The van der Waals surface area contributed by atoms with E-state index in [9.17, 15) is 0 Å². The molecule has 0 amide bonds. The van der Waals surface area contributed by atoms with E-state index in [1.165, 1.54) is 41.9 Å². The quantitative estimate of drug-likeness (QED) is 0.201. The molecule has 1 aliphatic rings. The van der Waals surface area contributed by atoms with Crippen molar-refractivity contribution < 1.29 is 0 Å². The van der Waals surface area contributed by atoms with Gasteiger partial charge in [-0.3, -0.25) is 4.90 Å². The number of fused-ring (bicyclic) bond motifs is 7. The van der Waals surface area contributed by atoms with Crippen molar-refractivity contribution in [1.29, 1.82) is 0 Å². The third kappa shape index (κ3) is 3.69. The second-order valence-corrected chi connectivity index (χ2v) is 12.7. The average Bonchev–Trinajstić information content (AvgIpc) is 3.51. The lowest BCUT2D eigenvalue weighted by Gasteiger charge is -2.33. The molecule has 0 unspecified atom stereocenters. The minimum absolute atomic E-state index is 0.597. The Morgan fingerprint density at radius 3 is 2.04 bits per heavy atom. The van der Waals surface area contributed by atoms with Crippen LogP contribution in [0.4, 0.5) is 17.3 Å². The number of aromatic nitrogens is 3. The molecule has 4 nitrogen and oxygen atoms in total. The zero-order valence-electron chi connectivity index (χ0n) is 24.6. The molecule has 5 heteroatoms. The number of anilines is 3. The molecule has 0 fully saturated rings. The van der Waals surface area contributed by atoms with E-state index in [-0.39, 0.29) is 0 Å². The average molecular weight is 605 g/mol. The lowest BCUT2D eigenvalue weighted by Crippen LogP contribution is -2.19. The molecule has 0 bridgehead atoms. The van der Waals surface area contributed by atoms with Crippen LogP contribution >= 0.6 is 11.3 Å². The van der Waals surface area contributed by atoms with Gasteiger partial charge in [0, 0.05) is 47.6 Å². The zero-order chi connectivity index (χ0) is 30.2. The van der Waals surface area contributed by atoms with Gasteiger partial charge in [-0.15, -0.1) is 11.3 Å². The number of rotatable bonds is 3. The molecule has 0 atom stereocenters. The van der Waals surface area contributed by atoms with E-state index < -0.39 is 0 Å². The molecular weight excluding hydrogens is 581 g/mol. The van der Waals surface area contributed by atoms with Gasteiger partial charge < -0.3 is 0 Å². The topological polar surface area (TPSA) is 41.9 Å². The Hall–Kier alpha value is -5.91. The number of nitrogens with zero attached hydrogens (tertiary/aromatic N) is 4. The lowest BCUT2D eigenvalue weighted by atomic mass is 9.89. The third-order valence-corrected chi connectivity index (χ3v) is 10.2. The molecule has 1 aliphatic heterocycles. The van der Waals surface area contributed by atoms with Crippen molar-refractivity contribution in [2.75, 3.05) is 4.90 Å². The molecule has 0 saturated carbocycles. The van der Waals surface area contributed by atoms with Crippen molar-refractivity contribution in [3.63, 3.8) is 0 Å². The Balaban J connectivity index is 1.33. The van der Waals surface area contributed by atoms with E-state index in [0.29, 0.717) is 17.6 Å². The Labute approximate surface area is 268 Å².